The summed E-state index contributed by atoms with van der Waals surface area (Å²) in [6, 6.07) is 15.3. The van der Waals surface area contributed by atoms with Gasteiger partial charge in [-0.2, -0.15) is 4.31 Å². The second-order valence-corrected chi connectivity index (χ2v) is 10.3. The van der Waals surface area contributed by atoms with E-state index in [2.05, 4.69) is 27.3 Å². The van der Waals surface area contributed by atoms with Gasteiger partial charge in [-0.25, -0.2) is 13.4 Å². The second-order valence-electron chi connectivity index (χ2n) is 8.40. The molecule has 34 heavy (non-hydrogen) atoms. The van der Waals surface area contributed by atoms with Gasteiger partial charge >= 0.3 is 0 Å². The quantitative estimate of drug-likeness (QED) is 0.426. The maximum atomic E-state index is 12.8. The van der Waals surface area contributed by atoms with Gasteiger partial charge in [0.15, 0.2) is 0 Å². The maximum absolute atomic E-state index is 12.8. The summed E-state index contributed by atoms with van der Waals surface area (Å²) in [5, 5.41) is 2.97. The molecule has 0 aliphatic rings. The Balaban J connectivity index is 1.55. The number of rotatable bonds is 12. The molecular formula is C25H35N5O3S. The number of carbonyl (C=O) groups is 1. The molecule has 0 spiro atoms. The van der Waals surface area contributed by atoms with Crippen LogP contribution in [-0.4, -0.2) is 66.3 Å². The van der Waals surface area contributed by atoms with Crippen molar-refractivity contribution in [1.29, 1.82) is 0 Å². The third-order valence-corrected chi connectivity index (χ3v) is 8.02. The summed E-state index contributed by atoms with van der Waals surface area (Å²) in [5.41, 5.74) is 2.70. The van der Waals surface area contributed by atoms with Gasteiger partial charge in [-0.15, -0.1) is 0 Å². The molecule has 1 aromatic heterocycles. The first kappa shape index (κ1) is 25.9. The molecule has 0 aliphatic carbocycles. The van der Waals surface area contributed by atoms with Crippen molar-refractivity contribution in [3.05, 3.63) is 59.9 Å². The Kier molecular flexibility index (Phi) is 8.82. The molecule has 0 saturated heterocycles. The van der Waals surface area contributed by atoms with Gasteiger partial charge in [-0.1, -0.05) is 44.2 Å². The van der Waals surface area contributed by atoms with Crippen molar-refractivity contribution in [1.82, 2.24) is 24.1 Å². The first-order valence-corrected chi connectivity index (χ1v) is 13.1. The van der Waals surface area contributed by atoms with Crippen molar-refractivity contribution in [3.63, 3.8) is 0 Å². The van der Waals surface area contributed by atoms with Crippen LogP contribution in [0.1, 0.15) is 31.7 Å². The van der Waals surface area contributed by atoms with Gasteiger partial charge in [0.05, 0.1) is 15.9 Å². The lowest BCUT2D eigenvalue weighted by molar-refractivity contribution is -0.121. The predicted octanol–water partition coefficient (Wildman–Crippen LogP) is 2.78. The number of nitrogens with zero attached hydrogens (tertiary/aromatic N) is 4. The van der Waals surface area contributed by atoms with Crippen LogP contribution in [0.25, 0.3) is 11.0 Å². The molecule has 2 aromatic carbocycles. The van der Waals surface area contributed by atoms with Crippen LogP contribution in [0, 0.1) is 0 Å². The number of amides is 1. The van der Waals surface area contributed by atoms with Crippen LogP contribution in [0.15, 0.2) is 53.4 Å². The number of benzene rings is 2. The van der Waals surface area contributed by atoms with E-state index in [1.54, 1.807) is 18.2 Å². The van der Waals surface area contributed by atoms with E-state index in [0.29, 0.717) is 38.0 Å². The standard InChI is InChI=1S/C25H35N5O3S/c1-5-30(6-2)34(32,33)21-12-13-23-22(18-21)27-24(29(23)4)14-15-25(31)26-16-17-28(3)19-20-10-8-7-9-11-20/h7-13,18H,5-6,14-17,19H2,1-4H3,(H,26,31). The molecule has 3 aromatic rings. The van der Waals surface area contributed by atoms with E-state index in [4.69, 9.17) is 0 Å². The van der Waals surface area contributed by atoms with E-state index < -0.39 is 10.0 Å². The number of nitrogens with one attached hydrogen (secondary N) is 1. The normalized spacial score (nSPS) is 12.1. The van der Waals surface area contributed by atoms with Crippen molar-refractivity contribution in [2.45, 2.75) is 38.1 Å². The third kappa shape index (κ3) is 6.22. The molecule has 1 N–H and O–H groups in total. The average molecular weight is 486 g/mol. The fraction of sp³-hybridized carbons (Fsp3) is 0.440. The molecule has 0 aliphatic heterocycles. The Hall–Kier alpha value is -2.75. The van der Waals surface area contributed by atoms with Gasteiger partial charge in [-0.05, 0) is 30.8 Å². The molecule has 9 heteroatoms. The smallest absolute Gasteiger partial charge is 0.243 e. The lowest BCUT2D eigenvalue weighted by Crippen LogP contribution is -2.33. The summed E-state index contributed by atoms with van der Waals surface area (Å²) in [5.74, 6) is 0.730. The highest BCUT2D eigenvalue weighted by atomic mass is 32.2. The number of likely N-dealkylation sites (N-methyl/N-ethyl adjacent to an activating group) is 1. The van der Waals surface area contributed by atoms with Gasteiger partial charge < -0.3 is 14.8 Å². The van der Waals surface area contributed by atoms with Gasteiger partial charge in [0, 0.05) is 52.6 Å². The molecular weight excluding hydrogens is 450 g/mol. The monoisotopic (exact) mass is 485 g/mol. The van der Waals surface area contributed by atoms with Crippen molar-refractivity contribution >= 4 is 27.0 Å². The number of aryl methyl sites for hydroxylation is 2. The fourth-order valence-corrected chi connectivity index (χ4v) is 5.48. The summed E-state index contributed by atoms with van der Waals surface area (Å²) in [6.07, 6.45) is 0.805. The molecule has 0 bridgehead atoms. The first-order chi connectivity index (χ1) is 16.3. The molecule has 0 saturated carbocycles. The molecule has 0 fully saturated rings. The van der Waals surface area contributed by atoms with Crippen LogP contribution in [0.2, 0.25) is 0 Å². The Morgan fingerprint density at radius 1 is 1.09 bits per heavy atom. The highest BCUT2D eigenvalue weighted by Gasteiger charge is 2.22. The van der Waals surface area contributed by atoms with Gasteiger partial charge in [0.1, 0.15) is 5.82 Å². The minimum absolute atomic E-state index is 0.0232. The van der Waals surface area contributed by atoms with Crippen LogP contribution >= 0.6 is 0 Å². The van der Waals surface area contributed by atoms with Gasteiger partial charge in [-0.3, -0.25) is 4.79 Å². The van der Waals surface area contributed by atoms with Gasteiger partial charge in [0.25, 0.3) is 0 Å². The van der Waals surface area contributed by atoms with Crippen LogP contribution in [0.3, 0.4) is 0 Å². The highest BCUT2D eigenvalue weighted by molar-refractivity contribution is 7.89. The van der Waals surface area contributed by atoms with E-state index in [9.17, 15) is 13.2 Å². The third-order valence-electron chi connectivity index (χ3n) is 5.97. The lowest BCUT2D eigenvalue weighted by atomic mass is 10.2. The van der Waals surface area contributed by atoms with Crippen molar-refractivity contribution < 1.29 is 13.2 Å². The Bertz CT molecular complexity index is 1200. The van der Waals surface area contributed by atoms with Crippen molar-refractivity contribution in [2.24, 2.45) is 7.05 Å². The maximum Gasteiger partial charge on any atom is 0.243 e. The highest BCUT2D eigenvalue weighted by Crippen LogP contribution is 2.22. The van der Waals surface area contributed by atoms with E-state index >= 15 is 0 Å². The zero-order valence-corrected chi connectivity index (χ0v) is 21.3. The van der Waals surface area contributed by atoms with Crippen molar-refractivity contribution in [2.75, 3.05) is 33.2 Å². The minimum Gasteiger partial charge on any atom is -0.355 e. The van der Waals surface area contributed by atoms with E-state index in [0.717, 1.165) is 24.4 Å². The van der Waals surface area contributed by atoms with Crippen LogP contribution < -0.4 is 5.32 Å². The Morgan fingerprint density at radius 3 is 2.47 bits per heavy atom. The molecule has 0 atom stereocenters. The first-order valence-electron chi connectivity index (χ1n) is 11.7. The molecule has 0 unspecified atom stereocenters. The summed E-state index contributed by atoms with van der Waals surface area (Å²) in [4.78, 5) is 19.4. The Morgan fingerprint density at radius 2 is 1.79 bits per heavy atom. The molecule has 0 radical (unpaired) electrons. The fourth-order valence-electron chi connectivity index (χ4n) is 4.00. The lowest BCUT2D eigenvalue weighted by Gasteiger charge is -2.18. The number of aromatic nitrogens is 2. The predicted molar refractivity (Wildman–Crippen MR) is 135 cm³/mol. The van der Waals surface area contributed by atoms with E-state index in [1.165, 1.54) is 9.87 Å². The molecule has 3 rings (SSSR count). The van der Waals surface area contributed by atoms with Gasteiger partial charge in [0.2, 0.25) is 15.9 Å². The van der Waals surface area contributed by atoms with Crippen LogP contribution in [0.4, 0.5) is 0 Å². The van der Waals surface area contributed by atoms with Crippen LogP contribution in [0.5, 0.6) is 0 Å². The van der Waals surface area contributed by atoms with Crippen molar-refractivity contribution in [3.8, 4) is 0 Å². The minimum atomic E-state index is -3.54. The second kappa shape index (κ2) is 11.6. The summed E-state index contributed by atoms with van der Waals surface area (Å²) in [7, 11) is 0.380. The average Bonchev–Trinajstić information content (AvgIpc) is 3.14. The number of fused-ring (bicyclic) bond motifs is 1. The Labute approximate surface area is 202 Å². The zero-order chi connectivity index (χ0) is 24.7. The number of sulfonamides is 1. The number of imidazole rings is 1. The summed E-state index contributed by atoms with van der Waals surface area (Å²) >= 11 is 0. The number of carbonyl (C=O) groups excluding carboxylic acids is 1. The largest absolute Gasteiger partial charge is 0.355 e. The van der Waals surface area contributed by atoms with E-state index in [1.807, 2.05) is 50.7 Å². The molecule has 8 nitrogen and oxygen atoms in total. The topological polar surface area (TPSA) is 87.5 Å². The zero-order valence-electron chi connectivity index (χ0n) is 20.5. The van der Waals surface area contributed by atoms with E-state index in [-0.39, 0.29) is 10.8 Å². The van der Waals surface area contributed by atoms with Crippen LogP contribution in [-0.2, 0) is 34.8 Å². The summed E-state index contributed by atoms with van der Waals surface area (Å²) in [6.45, 7) is 6.66. The number of hydrogen-bond acceptors (Lipinski definition) is 5. The molecule has 1 heterocycles. The molecule has 184 valence electrons. The summed E-state index contributed by atoms with van der Waals surface area (Å²) < 4.78 is 29.0. The molecule has 1 amide bonds. The number of hydrogen-bond donors (Lipinski definition) is 1. The SMILES string of the molecule is CCN(CC)S(=O)(=O)c1ccc2c(c1)nc(CCC(=O)NCCN(C)Cc1ccccc1)n2C.